The molecule has 2 aromatic carbocycles. The number of anilines is 1. The van der Waals surface area contributed by atoms with E-state index in [1.54, 1.807) is 42.6 Å². The third-order valence-electron chi connectivity index (χ3n) is 5.07. The van der Waals surface area contributed by atoms with E-state index >= 15 is 0 Å². The van der Waals surface area contributed by atoms with Crippen molar-refractivity contribution in [3.8, 4) is 11.5 Å². The van der Waals surface area contributed by atoms with Crippen LogP contribution in [-0.4, -0.2) is 29.8 Å². The number of aliphatic imine (C=N–C) groups is 1. The monoisotopic (exact) mass is 481 g/mol. The molecule has 1 amide bonds. The average molecular weight is 481 g/mol. The van der Waals surface area contributed by atoms with Crippen LogP contribution in [0.3, 0.4) is 0 Å². The molecular weight excluding hydrogens is 459 g/mol. The molecule has 35 heavy (non-hydrogen) atoms. The fourth-order valence-corrected chi connectivity index (χ4v) is 3.44. The number of nitrogens with two attached hydrogens (primary N) is 1. The first kappa shape index (κ1) is 24.0. The summed E-state index contributed by atoms with van der Waals surface area (Å²) in [4.78, 5) is 20.9. The SMILES string of the molecule is NCc1ccc(NC(=O)/C=C/c2cccc(Oc3ccnc(C4=NCCN4)c3)c2)cc1C(F)(F)F. The number of hydrogen-bond donors (Lipinski definition) is 3. The van der Waals surface area contributed by atoms with E-state index in [0.717, 1.165) is 18.4 Å². The molecule has 10 heteroatoms. The number of ether oxygens (including phenoxy) is 1. The number of carbonyl (C=O) groups excluding carboxylic acids is 1. The van der Waals surface area contributed by atoms with Crippen LogP contribution in [0.25, 0.3) is 6.08 Å². The number of nitrogens with zero attached hydrogens (tertiary/aromatic N) is 2. The number of nitrogens with one attached hydrogen (secondary N) is 2. The standard InChI is InChI=1S/C25H22F3N5O2/c26-25(27,28)21-13-18(6-5-17(21)15-29)33-23(34)7-4-16-2-1-3-19(12-16)35-20-8-9-30-22(14-20)24-31-10-11-32-24/h1-9,12-14H,10-11,15,29H2,(H,31,32)(H,33,34)/b7-4+. The van der Waals surface area contributed by atoms with Gasteiger partial charge in [-0.2, -0.15) is 13.2 Å². The summed E-state index contributed by atoms with van der Waals surface area (Å²) in [6, 6.07) is 14.0. The van der Waals surface area contributed by atoms with Crippen LogP contribution in [0, 0.1) is 0 Å². The molecule has 2 heterocycles. The number of alkyl halides is 3. The van der Waals surface area contributed by atoms with Crippen molar-refractivity contribution in [1.29, 1.82) is 0 Å². The minimum absolute atomic E-state index is 0.0242. The quantitative estimate of drug-likeness (QED) is 0.436. The number of amides is 1. The van der Waals surface area contributed by atoms with Gasteiger partial charge < -0.3 is 21.1 Å². The van der Waals surface area contributed by atoms with Crippen molar-refractivity contribution >= 4 is 23.5 Å². The highest BCUT2D eigenvalue weighted by molar-refractivity contribution is 6.02. The second-order valence-corrected chi connectivity index (χ2v) is 7.60. The molecule has 0 atom stereocenters. The molecule has 0 bridgehead atoms. The zero-order valence-electron chi connectivity index (χ0n) is 18.5. The Balaban J connectivity index is 1.42. The maximum absolute atomic E-state index is 13.2. The molecule has 1 aliphatic heterocycles. The Morgan fingerprint density at radius 1 is 1.14 bits per heavy atom. The lowest BCUT2D eigenvalue weighted by atomic mass is 10.1. The molecule has 1 aromatic heterocycles. The van der Waals surface area contributed by atoms with Crippen LogP contribution in [0.1, 0.15) is 22.4 Å². The second kappa shape index (κ2) is 10.4. The molecule has 4 N–H and O–H groups in total. The van der Waals surface area contributed by atoms with E-state index in [9.17, 15) is 18.0 Å². The number of halogens is 3. The van der Waals surface area contributed by atoms with Crippen LogP contribution in [-0.2, 0) is 17.5 Å². The van der Waals surface area contributed by atoms with E-state index < -0.39 is 17.6 Å². The molecule has 1 aliphatic rings. The molecular formula is C25H22F3N5O2. The Morgan fingerprint density at radius 2 is 1.97 bits per heavy atom. The first-order valence-electron chi connectivity index (χ1n) is 10.7. The molecule has 0 saturated carbocycles. The Labute approximate surface area is 199 Å². The van der Waals surface area contributed by atoms with Crippen molar-refractivity contribution in [2.24, 2.45) is 10.7 Å². The topological polar surface area (TPSA) is 102 Å². The summed E-state index contributed by atoms with van der Waals surface area (Å²) in [6.07, 6.45) is -0.165. The first-order valence-corrected chi connectivity index (χ1v) is 10.7. The lowest BCUT2D eigenvalue weighted by Crippen LogP contribution is -2.20. The van der Waals surface area contributed by atoms with Gasteiger partial charge in [-0.25, -0.2) is 0 Å². The highest BCUT2D eigenvalue weighted by Crippen LogP contribution is 2.33. The largest absolute Gasteiger partial charge is 0.457 e. The van der Waals surface area contributed by atoms with E-state index in [0.29, 0.717) is 29.3 Å². The summed E-state index contributed by atoms with van der Waals surface area (Å²) in [6.45, 7) is 1.22. The Bertz CT molecular complexity index is 1290. The summed E-state index contributed by atoms with van der Waals surface area (Å²) >= 11 is 0. The molecule has 180 valence electrons. The summed E-state index contributed by atoms with van der Waals surface area (Å²) in [7, 11) is 0. The van der Waals surface area contributed by atoms with Crippen LogP contribution in [0.2, 0.25) is 0 Å². The molecule has 0 saturated heterocycles. The van der Waals surface area contributed by atoms with Gasteiger partial charge in [0.05, 0.1) is 12.1 Å². The van der Waals surface area contributed by atoms with Crippen molar-refractivity contribution in [2.75, 3.05) is 18.4 Å². The smallest absolute Gasteiger partial charge is 0.416 e. The first-order chi connectivity index (χ1) is 16.8. The van der Waals surface area contributed by atoms with Crippen LogP contribution in [0.4, 0.5) is 18.9 Å². The van der Waals surface area contributed by atoms with Crippen LogP contribution in [0.5, 0.6) is 11.5 Å². The summed E-state index contributed by atoms with van der Waals surface area (Å²) in [5.74, 6) is 1.26. The molecule has 0 aliphatic carbocycles. The van der Waals surface area contributed by atoms with Crippen molar-refractivity contribution < 1.29 is 22.7 Å². The third kappa shape index (κ3) is 6.24. The molecule has 0 fully saturated rings. The summed E-state index contributed by atoms with van der Waals surface area (Å²) in [5.41, 5.74) is 5.84. The van der Waals surface area contributed by atoms with E-state index in [-0.39, 0.29) is 17.8 Å². The van der Waals surface area contributed by atoms with Crippen molar-refractivity contribution in [1.82, 2.24) is 10.3 Å². The van der Waals surface area contributed by atoms with Gasteiger partial charge in [0.15, 0.2) is 0 Å². The highest BCUT2D eigenvalue weighted by Gasteiger charge is 2.33. The fourth-order valence-electron chi connectivity index (χ4n) is 3.44. The van der Waals surface area contributed by atoms with Crippen LogP contribution >= 0.6 is 0 Å². The van der Waals surface area contributed by atoms with Crippen molar-refractivity contribution in [2.45, 2.75) is 12.7 Å². The lowest BCUT2D eigenvalue weighted by molar-refractivity contribution is -0.138. The van der Waals surface area contributed by atoms with Gasteiger partial charge in [-0.3, -0.25) is 14.8 Å². The Hall–Kier alpha value is -4.18. The van der Waals surface area contributed by atoms with Gasteiger partial charge in [0.2, 0.25) is 5.91 Å². The molecule has 4 rings (SSSR count). The van der Waals surface area contributed by atoms with E-state index in [1.165, 1.54) is 24.3 Å². The lowest BCUT2D eigenvalue weighted by Gasteiger charge is -2.13. The normalized spacial score (nSPS) is 13.4. The fraction of sp³-hybridized carbons (Fsp3) is 0.160. The van der Waals surface area contributed by atoms with Gasteiger partial charge in [0.25, 0.3) is 0 Å². The van der Waals surface area contributed by atoms with Crippen LogP contribution in [0.15, 0.2) is 71.9 Å². The average Bonchev–Trinajstić information content (AvgIpc) is 3.38. The zero-order chi connectivity index (χ0) is 24.8. The maximum atomic E-state index is 13.2. The van der Waals surface area contributed by atoms with E-state index in [1.807, 2.05) is 0 Å². The number of aromatic nitrogens is 1. The zero-order valence-corrected chi connectivity index (χ0v) is 18.5. The van der Waals surface area contributed by atoms with E-state index in [4.69, 9.17) is 10.5 Å². The molecule has 0 unspecified atom stereocenters. The van der Waals surface area contributed by atoms with Gasteiger partial charge in [-0.05, 0) is 47.5 Å². The van der Waals surface area contributed by atoms with Gasteiger partial charge in [0.1, 0.15) is 23.0 Å². The minimum Gasteiger partial charge on any atom is -0.457 e. The molecule has 7 nitrogen and oxygen atoms in total. The van der Waals surface area contributed by atoms with E-state index in [2.05, 4.69) is 20.6 Å². The van der Waals surface area contributed by atoms with Crippen LogP contribution < -0.4 is 21.1 Å². The second-order valence-electron chi connectivity index (χ2n) is 7.60. The number of rotatable bonds is 7. The summed E-state index contributed by atoms with van der Waals surface area (Å²) in [5, 5.41) is 5.60. The number of carbonyl (C=O) groups is 1. The van der Waals surface area contributed by atoms with Gasteiger partial charge in [-0.15, -0.1) is 0 Å². The molecule has 3 aromatic rings. The number of pyridine rings is 1. The van der Waals surface area contributed by atoms with Gasteiger partial charge in [0, 0.05) is 37.1 Å². The maximum Gasteiger partial charge on any atom is 0.416 e. The van der Waals surface area contributed by atoms with Crippen molar-refractivity contribution in [3.63, 3.8) is 0 Å². The molecule has 0 spiro atoms. The Morgan fingerprint density at radius 3 is 2.71 bits per heavy atom. The van der Waals surface area contributed by atoms with Gasteiger partial charge >= 0.3 is 6.18 Å². The summed E-state index contributed by atoms with van der Waals surface area (Å²) < 4.78 is 45.5. The highest BCUT2D eigenvalue weighted by atomic mass is 19.4. The number of benzene rings is 2. The number of amidine groups is 1. The predicted molar refractivity (Wildman–Crippen MR) is 127 cm³/mol. The predicted octanol–water partition coefficient (Wildman–Crippen LogP) is 4.35. The molecule has 0 radical (unpaired) electrons. The minimum atomic E-state index is -4.57. The number of hydrogen-bond acceptors (Lipinski definition) is 6. The van der Waals surface area contributed by atoms with Gasteiger partial charge in [-0.1, -0.05) is 18.2 Å². The van der Waals surface area contributed by atoms with Crippen molar-refractivity contribution in [3.05, 3.63) is 89.3 Å². The Kier molecular flexibility index (Phi) is 7.11. The third-order valence-corrected chi connectivity index (χ3v) is 5.07.